The third-order valence-corrected chi connectivity index (χ3v) is 2.69. The molecule has 2 N–H and O–H groups in total. The molecule has 0 bridgehead atoms. The van der Waals surface area contributed by atoms with Crippen LogP contribution >= 0.6 is 0 Å². The van der Waals surface area contributed by atoms with E-state index in [1.807, 2.05) is 37.3 Å². The molecule has 4 nitrogen and oxygen atoms in total. The van der Waals surface area contributed by atoms with Gasteiger partial charge in [-0.1, -0.05) is 18.2 Å². The summed E-state index contributed by atoms with van der Waals surface area (Å²) in [5.74, 6) is 0.714. The zero-order valence-corrected chi connectivity index (χ0v) is 10.7. The van der Waals surface area contributed by atoms with E-state index in [9.17, 15) is 5.11 Å². The van der Waals surface area contributed by atoms with Crippen LogP contribution in [0.25, 0.3) is 10.9 Å². The SMILES string of the molecule is CNCC(O)COc1cccc2ccc(C)nc12. The second kappa shape index (κ2) is 5.80. The highest BCUT2D eigenvalue weighted by atomic mass is 16.5. The molecule has 0 spiro atoms. The fourth-order valence-electron chi connectivity index (χ4n) is 1.81. The lowest BCUT2D eigenvalue weighted by Gasteiger charge is -2.13. The average Bonchev–Trinajstić information content (AvgIpc) is 2.36. The summed E-state index contributed by atoms with van der Waals surface area (Å²) < 4.78 is 5.64. The van der Waals surface area contributed by atoms with Crippen LogP contribution in [0.5, 0.6) is 5.75 Å². The Kier molecular flexibility index (Phi) is 4.12. The van der Waals surface area contributed by atoms with Gasteiger partial charge in [-0.3, -0.25) is 0 Å². The van der Waals surface area contributed by atoms with Crippen molar-refractivity contribution in [1.29, 1.82) is 0 Å². The number of para-hydroxylation sites is 1. The van der Waals surface area contributed by atoms with Crippen molar-refractivity contribution in [2.24, 2.45) is 0 Å². The van der Waals surface area contributed by atoms with Gasteiger partial charge in [-0.15, -0.1) is 0 Å². The molecule has 2 rings (SSSR count). The van der Waals surface area contributed by atoms with Crippen LogP contribution in [0.1, 0.15) is 5.69 Å². The molecule has 1 unspecified atom stereocenters. The Labute approximate surface area is 107 Å². The first-order valence-corrected chi connectivity index (χ1v) is 6.02. The highest BCUT2D eigenvalue weighted by Gasteiger charge is 2.07. The van der Waals surface area contributed by atoms with Crippen molar-refractivity contribution in [3.8, 4) is 5.75 Å². The fraction of sp³-hybridized carbons (Fsp3) is 0.357. The minimum absolute atomic E-state index is 0.259. The molecule has 0 amide bonds. The van der Waals surface area contributed by atoms with Gasteiger partial charge in [-0.2, -0.15) is 0 Å². The van der Waals surface area contributed by atoms with Crippen molar-refractivity contribution < 1.29 is 9.84 Å². The van der Waals surface area contributed by atoms with Crippen molar-refractivity contribution in [3.05, 3.63) is 36.0 Å². The standard InChI is InChI=1S/C14H18N2O2/c1-10-6-7-11-4-3-5-13(14(11)16-10)18-9-12(17)8-15-2/h3-7,12,15,17H,8-9H2,1-2H3. The van der Waals surface area contributed by atoms with E-state index in [0.717, 1.165) is 16.6 Å². The molecule has 1 atom stereocenters. The van der Waals surface area contributed by atoms with Crippen molar-refractivity contribution in [2.45, 2.75) is 13.0 Å². The Morgan fingerprint density at radius 2 is 2.17 bits per heavy atom. The molecular formula is C14H18N2O2. The highest BCUT2D eigenvalue weighted by molar-refractivity contribution is 5.84. The number of ether oxygens (including phenoxy) is 1. The van der Waals surface area contributed by atoms with Crippen LogP contribution in [0, 0.1) is 6.92 Å². The van der Waals surface area contributed by atoms with Gasteiger partial charge in [0.15, 0.2) is 0 Å². The third-order valence-electron chi connectivity index (χ3n) is 2.69. The molecule has 0 radical (unpaired) electrons. The largest absolute Gasteiger partial charge is 0.489 e. The topological polar surface area (TPSA) is 54.4 Å². The van der Waals surface area contributed by atoms with Gasteiger partial charge in [-0.25, -0.2) is 4.98 Å². The van der Waals surface area contributed by atoms with Crippen molar-refractivity contribution in [3.63, 3.8) is 0 Å². The molecule has 2 aromatic rings. The first-order valence-electron chi connectivity index (χ1n) is 6.02. The van der Waals surface area contributed by atoms with Crippen molar-refractivity contribution in [2.75, 3.05) is 20.2 Å². The summed E-state index contributed by atoms with van der Waals surface area (Å²) in [6, 6.07) is 9.80. The molecule has 0 fully saturated rings. The number of aliphatic hydroxyl groups excluding tert-OH is 1. The van der Waals surface area contributed by atoms with Gasteiger partial charge in [0.1, 0.15) is 24.0 Å². The Morgan fingerprint density at radius 1 is 1.33 bits per heavy atom. The van der Waals surface area contributed by atoms with Crippen LogP contribution in [0.15, 0.2) is 30.3 Å². The normalized spacial score (nSPS) is 12.6. The predicted octanol–water partition coefficient (Wildman–Crippen LogP) is 1.50. The number of aromatic nitrogens is 1. The number of rotatable bonds is 5. The number of aryl methyl sites for hydroxylation is 1. The molecule has 0 aliphatic carbocycles. The van der Waals surface area contributed by atoms with Crippen LogP contribution in [0.2, 0.25) is 0 Å². The van der Waals surface area contributed by atoms with E-state index < -0.39 is 6.10 Å². The smallest absolute Gasteiger partial charge is 0.145 e. The fourth-order valence-corrected chi connectivity index (χ4v) is 1.81. The van der Waals surface area contributed by atoms with Crippen LogP contribution in [-0.4, -0.2) is 36.4 Å². The number of aliphatic hydroxyl groups is 1. The first kappa shape index (κ1) is 12.8. The van der Waals surface area contributed by atoms with Gasteiger partial charge >= 0.3 is 0 Å². The molecule has 1 heterocycles. The lowest BCUT2D eigenvalue weighted by Crippen LogP contribution is -2.29. The number of benzene rings is 1. The number of fused-ring (bicyclic) bond motifs is 1. The second-order valence-electron chi connectivity index (χ2n) is 4.30. The maximum atomic E-state index is 9.63. The highest BCUT2D eigenvalue weighted by Crippen LogP contribution is 2.23. The molecule has 0 saturated carbocycles. The molecule has 4 heteroatoms. The lowest BCUT2D eigenvalue weighted by atomic mass is 10.2. The summed E-state index contributed by atoms with van der Waals surface area (Å²) in [4.78, 5) is 4.48. The van der Waals surface area contributed by atoms with Crippen LogP contribution in [-0.2, 0) is 0 Å². The predicted molar refractivity (Wildman–Crippen MR) is 71.9 cm³/mol. The monoisotopic (exact) mass is 246 g/mol. The third kappa shape index (κ3) is 2.97. The molecule has 18 heavy (non-hydrogen) atoms. The van der Waals surface area contributed by atoms with E-state index in [4.69, 9.17) is 4.74 Å². The van der Waals surface area contributed by atoms with Crippen molar-refractivity contribution in [1.82, 2.24) is 10.3 Å². The van der Waals surface area contributed by atoms with Gasteiger partial charge in [0.05, 0.1) is 0 Å². The van der Waals surface area contributed by atoms with Crippen LogP contribution in [0.3, 0.4) is 0 Å². The summed E-state index contributed by atoms with van der Waals surface area (Å²) in [6.45, 7) is 2.72. The minimum atomic E-state index is -0.518. The van der Waals surface area contributed by atoms with Crippen molar-refractivity contribution >= 4 is 10.9 Å². The lowest BCUT2D eigenvalue weighted by molar-refractivity contribution is 0.109. The molecule has 0 aliphatic heterocycles. The number of nitrogens with one attached hydrogen (secondary N) is 1. The molecule has 0 saturated heterocycles. The van der Waals surface area contributed by atoms with E-state index in [0.29, 0.717) is 12.3 Å². The Balaban J connectivity index is 2.19. The second-order valence-corrected chi connectivity index (χ2v) is 4.30. The number of pyridine rings is 1. The van der Waals surface area contributed by atoms with Gasteiger partial charge in [0.2, 0.25) is 0 Å². The van der Waals surface area contributed by atoms with Crippen LogP contribution < -0.4 is 10.1 Å². The summed E-state index contributed by atoms with van der Waals surface area (Å²) in [5, 5.41) is 13.6. The molecule has 1 aromatic heterocycles. The summed E-state index contributed by atoms with van der Waals surface area (Å²) in [5.41, 5.74) is 1.79. The molecule has 1 aromatic carbocycles. The molecule has 96 valence electrons. The Morgan fingerprint density at radius 3 is 2.94 bits per heavy atom. The van der Waals surface area contributed by atoms with E-state index >= 15 is 0 Å². The minimum Gasteiger partial charge on any atom is -0.489 e. The van der Waals surface area contributed by atoms with Gasteiger partial charge in [0, 0.05) is 17.6 Å². The van der Waals surface area contributed by atoms with E-state index in [2.05, 4.69) is 10.3 Å². The van der Waals surface area contributed by atoms with E-state index in [1.165, 1.54) is 0 Å². The zero-order valence-electron chi connectivity index (χ0n) is 10.7. The number of likely N-dealkylation sites (N-methyl/N-ethyl adjacent to an activating group) is 1. The Hall–Kier alpha value is -1.65. The molecule has 0 aliphatic rings. The van der Waals surface area contributed by atoms with E-state index in [1.54, 1.807) is 7.05 Å². The summed E-state index contributed by atoms with van der Waals surface area (Å²) in [7, 11) is 1.80. The molecular weight excluding hydrogens is 228 g/mol. The number of nitrogens with zero attached hydrogens (tertiary/aromatic N) is 1. The summed E-state index contributed by atoms with van der Waals surface area (Å²) in [6.07, 6.45) is -0.518. The zero-order chi connectivity index (χ0) is 13.0. The van der Waals surface area contributed by atoms with Crippen LogP contribution in [0.4, 0.5) is 0 Å². The van der Waals surface area contributed by atoms with Gasteiger partial charge in [0.25, 0.3) is 0 Å². The van der Waals surface area contributed by atoms with E-state index in [-0.39, 0.29) is 6.61 Å². The maximum Gasteiger partial charge on any atom is 0.145 e. The van der Waals surface area contributed by atoms with Gasteiger partial charge in [-0.05, 0) is 26.1 Å². The Bertz CT molecular complexity index is 528. The average molecular weight is 246 g/mol. The van der Waals surface area contributed by atoms with Gasteiger partial charge < -0.3 is 15.2 Å². The maximum absolute atomic E-state index is 9.63. The number of hydrogen-bond donors (Lipinski definition) is 2. The number of hydrogen-bond acceptors (Lipinski definition) is 4. The summed E-state index contributed by atoms with van der Waals surface area (Å²) >= 11 is 0. The quantitative estimate of drug-likeness (QED) is 0.839. The first-order chi connectivity index (χ1) is 8.70.